The average molecular weight is 777 g/mol. The summed E-state index contributed by atoms with van der Waals surface area (Å²) in [6.45, 7) is 1.67. The zero-order valence-corrected chi connectivity index (χ0v) is 33.4. The van der Waals surface area contributed by atoms with E-state index in [1.54, 1.807) is 6.07 Å². The van der Waals surface area contributed by atoms with Crippen molar-refractivity contribution in [2.45, 2.75) is 127 Å². The lowest BCUT2D eigenvalue weighted by molar-refractivity contribution is -0.135. The normalized spacial score (nSPS) is 32.8. The number of hydrogen-bond acceptors (Lipinski definition) is 10. The van der Waals surface area contributed by atoms with Crippen molar-refractivity contribution >= 4 is 23.6 Å². The minimum absolute atomic E-state index is 0.00947. The molecule has 0 radical (unpaired) electrons. The Morgan fingerprint density at radius 3 is 2.68 bits per heavy atom. The average Bonchev–Trinajstić information content (AvgIpc) is 3.74. The van der Waals surface area contributed by atoms with Gasteiger partial charge < -0.3 is 31.1 Å². The fraction of sp³-hybridized carbons (Fsp3) is 0.617. The number of fused-ring (bicyclic) bond motifs is 4. The molecular weight excluding hydrogens is 717 g/mol. The molecule has 4 aliphatic carbocycles. The van der Waals surface area contributed by atoms with Crippen LogP contribution in [0.2, 0.25) is 0 Å². The number of methoxy groups -OCH3 is 1. The van der Waals surface area contributed by atoms with Gasteiger partial charge in [-0.1, -0.05) is 17.9 Å². The molecule has 1 aromatic carbocycles. The highest BCUT2D eigenvalue weighted by molar-refractivity contribution is 5.89. The molecule has 3 saturated carbocycles. The standard InChI is InChI=1S/C47H60N4O6/c1-57-43-20-33-5-11-44(55)47(16-13-32(21-45(47)56)30-4-9-38-35(19-30)27-50-41-23-37(53)8-10-39(38)41)15-12-29(40(33)24-42(43)54)2-6-36(52)7-3-31-22-46(48)51-26-34(31)18-28-14-17-49-25-28/h14,20,22,24-26,29-30,32,35-36,38-39,41,45,50,52,54,56H,2-11,13,16-19,21,23,27H2,1H3,(H2,48,51). The predicted molar refractivity (Wildman–Crippen MR) is 220 cm³/mol. The van der Waals surface area contributed by atoms with Crippen LogP contribution in [0, 0.1) is 46.8 Å². The number of ether oxygens (including phenoxy) is 1. The maximum atomic E-state index is 14.3. The molecule has 0 bridgehead atoms. The van der Waals surface area contributed by atoms with E-state index in [0.717, 1.165) is 72.9 Å². The summed E-state index contributed by atoms with van der Waals surface area (Å²) in [6.07, 6.45) is 15.9. The molecule has 10 unspecified atom stereocenters. The number of anilines is 1. The number of hydrogen-bond donors (Lipinski definition) is 5. The molecule has 2 aromatic rings. The third-order valence-corrected chi connectivity index (χ3v) is 14.8. The molecule has 3 heterocycles. The van der Waals surface area contributed by atoms with Crippen LogP contribution < -0.4 is 15.8 Å². The van der Waals surface area contributed by atoms with Gasteiger partial charge in [0.2, 0.25) is 0 Å². The molecule has 6 N–H and O–H groups in total. The lowest BCUT2D eigenvalue weighted by Crippen LogP contribution is -2.55. The summed E-state index contributed by atoms with van der Waals surface area (Å²) in [7, 11) is 1.52. The molecule has 1 saturated heterocycles. The minimum atomic E-state index is -1.13. The number of nitrogens with two attached hydrogens (primary N) is 1. The SMILES string of the molecule is COc1cc2c(cc1O)C(CCC(O)CCc1cc(N)ncc1CC1=CCN=C1)C#CC1(CCC(C3CCC4C(CNC5CC(=O)CCC54)C3)CC1O)C(=O)CC2. The zero-order valence-electron chi connectivity index (χ0n) is 33.4. The summed E-state index contributed by atoms with van der Waals surface area (Å²) in [6, 6.07) is 5.78. The van der Waals surface area contributed by atoms with E-state index in [2.05, 4.69) is 33.2 Å². The second-order valence-corrected chi connectivity index (χ2v) is 18.0. The Hall–Kier alpha value is -4.04. The fourth-order valence-corrected chi connectivity index (χ4v) is 11.6. The number of benzene rings is 1. The number of aromatic hydroxyl groups is 1. The van der Waals surface area contributed by atoms with Gasteiger partial charge in [-0.05, 0) is 159 Å². The van der Waals surface area contributed by atoms with Gasteiger partial charge in [0, 0.05) is 50.1 Å². The molecule has 10 nitrogen and oxygen atoms in total. The zero-order chi connectivity index (χ0) is 39.7. The number of phenolic OH excluding ortho intramolecular Hbond substituents is 1. The summed E-state index contributed by atoms with van der Waals surface area (Å²) in [5, 5.41) is 38.1. The number of carbonyl (C=O) groups is 2. The predicted octanol–water partition coefficient (Wildman–Crippen LogP) is 5.83. The van der Waals surface area contributed by atoms with Crippen LogP contribution >= 0.6 is 0 Å². The molecule has 10 atom stereocenters. The third kappa shape index (κ3) is 8.44. The molecular formula is C47H60N4O6. The number of piperidine rings is 1. The summed E-state index contributed by atoms with van der Waals surface area (Å²) < 4.78 is 5.48. The largest absolute Gasteiger partial charge is 0.504 e. The number of carbonyl (C=O) groups excluding carboxylic acids is 2. The molecule has 2 aliphatic heterocycles. The number of aromatic nitrogens is 1. The lowest BCUT2D eigenvalue weighted by Gasteiger charge is -2.51. The Morgan fingerprint density at radius 2 is 1.88 bits per heavy atom. The quantitative estimate of drug-likeness (QED) is 0.187. The van der Waals surface area contributed by atoms with Crippen molar-refractivity contribution in [1.82, 2.24) is 10.3 Å². The number of nitrogens with zero attached hydrogens (tertiary/aromatic N) is 2. The van der Waals surface area contributed by atoms with Gasteiger partial charge in [0.15, 0.2) is 17.3 Å². The summed E-state index contributed by atoms with van der Waals surface area (Å²) in [4.78, 5) is 35.1. The molecule has 0 amide bonds. The van der Waals surface area contributed by atoms with Gasteiger partial charge >= 0.3 is 0 Å². The number of rotatable bonds is 10. The van der Waals surface area contributed by atoms with Crippen LogP contribution in [0.3, 0.4) is 0 Å². The molecule has 10 heteroatoms. The number of phenols is 1. The van der Waals surface area contributed by atoms with Gasteiger partial charge in [0.25, 0.3) is 0 Å². The van der Waals surface area contributed by atoms with E-state index in [4.69, 9.17) is 10.5 Å². The number of aryl methyl sites for hydroxylation is 2. The highest BCUT2D eigenvalue weighted by Crippen LogP contribution is 2.51. The number of Topliss-reactive ketones (excluding diaryl/α,β-unsaturated/α-hetero) is 2. The number of pyridine rings is 1. The van der Waals surface area contributed by atoms with Crippen LogP contribution in [0.1, 0.15) is 112 Å². The molecule has 4 fully saturated rings. The van der Waals surface area contributed by atoms with E-state index in [0.29, 0.717) is 111 Å². The molecule has 8 rings (SSSR count). The number of ketones is 2. The van der Waals surface area contributed by atoms with Gasteiger partial charge in [-0.2, -0.15) is 0 Å². The number of nitrogen functional groups attached to an aromatic ring is 1. The van der Waals surface area contributed by atoms with Crippen molar-refractivity contribution in [3.63, 3.8) is 0 Å². The van der Waals surface area contributed by atoms with E-state index in [-0.39, 0.29) is 23.9 Å². The summed E-state index contributed by atoms with van der Waals surface area (Å²) in [5.41, 5.74) is 9.98. The van der Waals surface area contributed by atoms with Crippen LogP contribution in [0.25, 0.3) is 0 Å². The summed E-state index contributed by atoms with van der Waals surface area (Å²) >= 11 is 0. The molecule has 57 heavy (non-hydrogen) atoms. The van der Waals surface area contributed by atoms with Gasteiger partial charge in [0.05, 0.1) is 25.9 Å². The van der Waals surface area contributed by atoms with Crippen LogP contribution in [0.4, 0.5) is 5.82 Å². The first-order chi connectivity index (χ1) is 27.6. The number of aliphatic imine (C=N–C) groups is 1. The van der Waals surface area contributed by atoms with Gasteiger partial charge in [0.1, 0.15) is 17.0 Å². The van der Waals surface area contributed by atoms with Crippen LogP contribution in [0.15, 0.2) is 41.0 Å². The van der Waals surface area contributed by atoms with Crippen molar-refractivity contribution in [2.24, 2.45) is 40.0 Å². The third-order valence-electron chi connectivity index (χ3n) is 14.8. The van der Waals surface area contributed by atoms with Crippen LogP contribution in [-0.2, 0) is 28.9 Å². The number of allylic oxidation sites excluding steroid dienone is 1. The first kappa shape index (κ1) is 39.8. The van der Waals surface area contributed by atoms with Crippen molar-refractivity contribution in [1.29, 1.82) is 0 Å². The summed E-state index contributed by atoms with van der Waals surface area (Å²) in [5.74, 6) is 10.5. The highest BCUT2D eigenvalue weighted by atomic mass is 16.5. The number of aliphatic hydroxyl groups excluding tert-OH is 2. The Balaban J connectivity index is 0.964. The van der Waals surface area contributed by atoms with Gasteiger partial charge in [-0.25, -0.2) is 4.98 Å². The van der Waals surface area contributed by atoms with E-state index >= 15 is 0 Å². The van der Waals surface area contributed by atoms with Crippen molar-refractivity contribution in [3.05, 3.63) is 58.3 Å². The van der Waals surface area contributed by atoms with Crippen LogP contribution in [0.5, 0.6) is 11.5 Å². The Labute approximate surface area is 337 Å². The first-order valence-electron chi connectivity index (χ1n) is 21.6. The van der Waals surface area contributed by atoms with E-state index in [1.165, 1.54) is 13.5 Å². The molecule has 1 aromatic heterocycles. The monoisotopic (exact) mass is 776 g/mol. The number of nitrogens with one attached hydrogen (secondary N) is 1. The molecule has 6 aliphatic rings. The molecule has 1 spiro atoms. The smallest absolute Gasteiger partial charge is 0.160 e. The Kier molecular flexibility index (Phi) is 11.9. The number of aliphatic hydroxyl groups is 2. The first-order valence-corrected chi connectivity index (χ1v) is 21.6. The van der Waals surface area contributed by atoms with Gasteiger partial charge in [-0.15, -0.1) is 0 Å². The second-order valence-electron chi connectivity index (χ2n) is 18.0. The maximum Gasteiger partial charge on any atom is 0.160 e. The Morgan fingerprint density at radius 1 is 1.02 bits per heavy atom. The van der Waals surface area contributed by atoms with Crippen molar-refractivity contribution in [3.8, 4) is 23.3 Å². The minimum Gasteiger partial charge on any atom is -0.504 e. The van der Waals surface area contributed by atoms with Crippen molar-refractivity contribution in [2.75, 3.05) is 25.9 Å². The lowest BCUT2D eigenvalue weighted by atomic mass is 9.57. The maximum absolute atomic E-state index is 14.3. The fourth-order valence-electron chi connectivity index (χ4n) is 11.6. The van der Waals surface area contributed by atoms with E-state index in [1.807, 2.05) is 24.5 Å². The Bertz CT molecular complexity index is 1970. The van der Waals surface area contributed by atoms with Crippen molar-refractivity contribution < 1.29 is 29.6 Å². The molecule has 304 valence electrons. The topological polar surface area (TPSA) is 167 Å². The van der Waals surface area contributed by atoms with E-state index < -0.39 is 17.6 Å². The second kappa shape index (κ2) is 17.1. The van der Waals surface area contributed by atoms with Gasteiger partial charge in [-0.3, -0.25) is 14.6 Å². The highest BCUT2D eigenvalue weighted by Gasteiger charge is 2.51. The van der Waals surface area contributed by atoms with E-state index in [9.17, 15) is 24.9 Å². The van der Waals surface area contributed by atoms with Crippen LogP contribution in [-0.4, -0.2) is 76.5 Å².